The summed E-state index contributed by atoms with van der Waals surface area (Å²) >= 11 is 0. The van der Waals surface area contributed by atoms with Crippen LogP contribution in [0.3, 0.4) is 0 Å². The molecule has 0 amide bonds. The molecule has 13 heavy (non-hydrogen) atoms. The average Bonchev–Trinajstić information content (AvgIpc) is 2.18. The maximum atomic E-state index is 8.47. The van der Waals surface area contributed by atoms with Crippen LogP contribution in [0.4, 0.5) is 0 Å². The van der Waals surface area contributed by atoms with E-state index in [0.717, 1.165) is 26.1 Å². The molecule has 1 heterocycles. The highest BCUT2D eigenvalue weighted by atomic mass is 16.5. The predicted octanol–water partition coefficient (Wildman–Crippen LogP) is -0.156. The van der Waals surface area contributed by atoms with Gasteiger partial charge in [0.05, 0.1) is 6.61 Å². The van der Waals surface area contributed by atoms with Gasteiger partial charge in [0, 0.05) is 13.1 Å². The fourth-order valence-electron chi connectivity index (χ4n) is 1.47. The minimum Gasteiger partial charge on any atom is -0.409 e. The lowest BCUT2D eigenvalue weighted by molar-refractivity contribution is 0.00482. The lowest BCUT2D eigenvalue weighted by Crippen LogP contribution is -2.48. The summed E-state index contributed by atoms with van der Waals surface area (Å²) in [6.07, 6.45) is 0.869. The second kappa shape index (κ2) is 5.04. The molecule has 1 atom stereocenters. The molecule has 1 aliphatic heterocycles. The van der Waals surface area contributed by atoms with E-state index in [2.05, 4.69) is 17.0 Å². The van der Waals surface area contributed by atoms with Crippen LogP contribution in [-0.4, -0.2) is 48.3 Å². The largest absolute Gasteiger partial charge is 0.409 e. The highest BCUT2D eigenvalue weighted by Crippen LogP contribution is 2.05. The second-order valence-electron chi connectivity index (χ2n) is 3.18. The number of hydrogen-bond acceptors (Lipinski definition) is 4. The molecule has 0 aromatic carbocycles. The van der Waals surface area contributed by atoms with Gasteiger partial charge in [0.2, 0.25) is 0 Å². The van der Waals surface area contributed by atoms with Crippen LogP contribution in [0.15, 0.2) is 5.16 Å². The zero-order chi connectivity index (χ0) is 9.68. The Labute approximate surface area is 78.1 Å². The molecule has 1 fully saturated rings. The van der Waals surface area contributed by atoms with Crippen molar-refractivity contribution in [3.63, 3.8) is 0 Å². The first-order valence-electron chi connectivity index (χ1n) is 4.59. The van der Waals surface area contributed by atoms with Crippen LogP contribution in [0.25, 0.3) is 0 Å². The fraction of sp³-hybridized carbons (Fsp3) is 0.875. The molecule has 1 saturated heterocycles. The van der Waals surface area contributed by atoms with E-state index in [1.165, 1.54) is 0 Å². The van der Waals surface area contributed by atoms with E-state index >= 15 is 0 Å². The fourth-order valence-corrected chi connectivity index (χ4v) is 1.47. The van der Waals surface area contributed by atoms with E-state index in [9.17, 15) is 0 Å². The minimum absolute atomic E-state index is 0.167. The molecule has 0 saturated carbocycles. The first kappa shape index (κ1) is 10.3. The highest BCUT2D eigenvalue weighted by molar-refractivity contribution is 5.84. The van der Waals surface area contributed by atoms with Gasteiger partial charge in [-0.25, -0.2) is 0 Å². The number of nitrogens with two attached hydrogens (primary N) is 1. The van der Waals surface area contributed by atoms with Gasteiger partial charge >= 0.3 is 0 Å². The normalized spacial score (nSPS) is 26.2. The molecule has 76 valence electrons. The number of oxime groups is 1. The topological polar surface area (TPSA) is 71.1 Å². The van der Waals surface area contributed by atoms with Crippen LogP contribution in [0.2, 0.25) is 0 Å². The summed E-state index contributed by atoms with van der Waals surface area (Å²) in [5.74, 6) is 0.167. The molecule has 0 aromatic rings. The Morgan fingerprint density at radius 2 is 2.54 bits per heavy atom. The molecule has 1 rings (SSSR count). The lowest BCUT2D eigenvalue weighted by atomic mass is 10.2. The Morgan fingerprint density at radius 3 is 3.15 bits per heavy atom. The standard InChI is InChI=1S/C8H17N3O2/c1-2-3-11-4-5-13-7(6-11)8(9)10-12/h7,12H,2-6H2,1H3,(H2,9,10). The molecule has 1 aliphatic rings. The molecule has 3 N–H and O–H groups in total. The molecule has 0 aliphatic carbocycles. The van der Waals surface area contributed by atoms with Crippen molar-refractivity contribution in [3.8, 4) is 0 Å². The quantitative estimate of drug-likeness (QED) is 0.279. The zero-order valence-electron chi connectivity index (χ0n) is 7.94. The Hall–Kier alpha value is -0.810. The third-order valence-corrected chi connectivity index (χ3v) is 2.14. The average molecular weight is 187 g/mol. The van der Waals surface area contributed by atoms with E-state index in [4.69, 9.17) is 15.7 Å². The van der Waals surface area contributed by atoms with Crippen LogP contribution in [0.5, 0.6) is 0 Å². The molecule has 5 nitrogen and oxygen atoms in total. The van der Waals surface area contributed by atoms with Gasteiger partial charge in [-0.2, -0.15) is 0 Å². The van der Waals surface area contributed by atoms with Crippen molar-refractivity contribution >= 4 is 5.84 Å². The van der Waals surface area contributed by atoms with Crippen molar-refractivity contribution in [3.05, 3.63) is 0 Å². The number of rotatable bonds is 3. The van der Waals surface area contributed by atoms with Gasteiger partial charge in [0.25, 0.3) is 0 Å². The molecule has 0 bridgehead atoms. The predicted molar refractivity (Wildman–Crippen MR) is 49.9 cm³/mol. The number of amidine groups is 1. The van der Waals surface area contributed by atoms with Crippen LogP contribution >= 0.6 is 0 Å². The maximum Gasteiger partial charge on any atom is 0.169 e. The van der Waals surface area contributed by atoms with E-state index in [1.807, 2.05) is 0 Å². The van der Waals surface area contributed by atoms with Crippen molar-refractivity contribution in [1.82, 2.24) is 4.90 Å². The van der Waals surface area contributed by atoms with Gasteiger partial charge < -0.3 is 15.7 Å². The van der Waals surface area contributed by atoms with Gasteiger partial charge in [-0.05, 0) is 13.0 Å². The molecule has 5 heteroatoms. The molecular weight excluding hydrogens is 170 g/mol. The number of morpholine rings is 1. The van der Waals surface area contributed by atoms with E-state index < -0.39 is 0 Å². The summed E-state index contributed by atoms with van der Waals surface area (Å²) < 4.78 is 5.35. The molecular formula is C8H17N3O2. The van der Waals surface area contributed by atoms with Crippen molar-refractivity contribution in [2.45, 2.75) is 19.4 Å². The van der Waals surface area contributed by atoms with Crippen LogP contribution in [0, 0.1) is 0 Å². The van der Waals surface area contributed by atoms with Gasteiger partial charge in [0.1, 0.15) is 6.10 Å². The third-order valence-electron chi connectivity index (χ3n) is 2.14. The number of nitrogens with zero attached hydrogens (tertiary/aromatic N) is 2. The summed E-state index contributed by atoms with van der Waals surface area (Å²) in [7, 11) is 0. The van der Waals surface area contributed by atoms with Crippen molar-refractivity contribution in [1.29, 1.82) is 0 Å². The SMILES string of the molecule is CCCN1CCOC(/C(N)=N/O)C1. The minimum atomic E-state index is -0.245. The van der Waals surface area contributed by atoms with Crippen LogP contribution in [-0.2, 0) is 4.74 Å². The first-order valence-corrected chi connectivity index (χ1v) is 4.59. The Kier molecular flexibility index (Phi) is 3.98. The van der Waals surface area contributed by atoms with Gasteiger partial charge in [-0.3, -0.25) is 4.90 Å². The first-order chi connectivity index (χ1) is 6.27. The van der Waals surface area contributed by atoms with Crippen LogP contribution < -0.4 is 5.73 Å². The Balaban J connectivity index is 2.41. The summed E-state index contributed by atoms with van der Waals surface area (Å²) in [6.45, 7) is 5.49. The Bertz CT molecular complexity index is 182. The van der Waals surface area contributed by atoms with Crippen LogP contribution in [0.1, 0.15) is 13.3 Å². The summed E-state index contributed by atoms with van der Waals surface area (Å²) in [4.78, 5) is 2.26. The summed E-state index contributed by atoms with van der Waals surface area (Å²) in [5.41, 5.74) is 5.45. The zero-order valence-corrected chi connectivity index (χ0v) is 7.94. The van der Waals surface area contributed by atoms with E-state index in [0.29, 0.717) is 6.61 Å². The van der Waals surface area contributed by atoms with E-state index in [1.54, 1.807) is 0 Å². The highest BCUT2D eigenvalue weighted by Gasteiger charge is 2.22. The molecule has 0 spiro atoms. The Morgan fingerprint density at radius 1 is 1.77 bits per heavy atom. The summed E-state index contributed by atoms with van der Waals surface area (Å²) in [6, 6.07) is 0. The van der Waals surface area contributed by atoms with Gasteiger partial charge in [-0.15, -0.1) is 0 Å². The molecule has 1 unspecified atom stereocenters. The van der Waals surface area contributed by atoms with Crippen molar-refractivity contribution in [2.24, 2.45) is 10.9 Å². The smallest absolute Gasteiger partial charge is 0.169 e. The monoisotopic (exact) mass is 187 g/mol. The van der Waals surface area contributed by atoms with Crippen molar-refractivity contribution in [2.75, 3.05) is 26.2 Å². The summed E-state index contributed by atoms with van der Waals surface area (Å²) in [5, 5.41) is 11.4. The number of ether oxygens (including phenoxy) is 1. The molecule has 0 aromatic heterocycles. The van der Waals surface area contributed by atoms with Gasteiger partial charge in [0.15, 0.2) is 5.84 Å². The number of hydrogen-bond donors (Lipinski definition) is 2. The third kappa shape index (κ3) is 2.86. The van der Waals surface area contributed by atoms with Gasteiger partial charge in [-0.1, -0.05) is 12.1 Å². The lowest BCUT2D eigenvalue weighted by Gasteiger charge is -2.31. The second-order valence-corrected chi connectivity index (χ2v) is 3.18. The molecule has 0 radical (unpaired) electrons. The van der Waals surface area contributed by atoms with E-state index in [-0.39, 0.29) is 11.9 Å². The maximum absolute atomic E-state index is 8.47. The van der Waals surface area contributed by atoms with Crippen molar-refractivity contribution < 1.29 is 9.94 Å².